The Morgan fingerprint density at radius 1 is 1.36 bits per heavy atom. The monoisotopic (exact) mass is 416 g/mol. The number of carboxylic acid groups (broad SMARTS) is 1. The van der Waals surface area contributed by atoms with Gasteiger partial charge in [0.1, 0.15) is 17.6 Å². The second kappa shape index (κ2) is 8.38. The van der Waals surface area contributed by atoms with E-state index in [1.807, 2.05) is 48.7 Å². The SMILES string of the molecule is Cc1oc(-c2cccs2)nc1CCOc1ccc([C@@H]2NC(C(=O)O)CS2)cc1. The Morgan fingerprint density at radius 3 is 2.86 bits per heavy atom. The maximum atomic E-state index is 11.1. The lowest BCUT2D eigenvalue weighted by molar-refractivity contribution is -0.138. The Balaban J connectivity index is 1.31. The summed E-state index contributed by atoms with van der Waals surface area (Å²) >= 11 is 3.21. The van der Waals surface area contributed by atoms with Crippen LogP contribution in [-0.4, -0.2) is 34.5 Å². The fourth-order valence-corrected chi connectivity index (χ4v) is 4.86. The number of hydrogen-bond donors (Lipinski definition) is 2. The minimum Gasteiger partial charge on any atom is -0.493 e. The first-order valence-corrected chi connectivity index (χ1v) is 10.9. The highest BCUT2D eigenvalue weighted by atomic mass is 32.2. The average molecular weight is 417 g/mol. The fourth-order valence-electron chi connectivity index (χ4n) is 2.98. The van der Waals surface area contributed by atoms with Gasteiger partial charge in [-0.15, -0.1) is 23.1 Å². The van der Waals surface area contributed by atoms with Crippen LogP contribution in [0.5, 0.6) is 5.75 Å². The number of carboxylic acids is 1. The zero-order valence-corrected chi connectivity index (χ0v) is 16.9. The van der Waals surface area contributed by atoms with E-state index in [1.54, 1.807) is 23.1 Å². The molecule has 0 aliphatic carbocycles. The van der Waals surface area contributed by atoms with Crippen molar-refractivity contribution in [3.05, 3.63) is 58.8 Å². The van der Waals surface area contributed by atoms with Crippen molar-refractivity contribution < 1.29 is 19.1 Å². The van der Waals surface area contributed by atoms with E-state index in [1.165, 1.54) is 0 Å². The van der Waals surface area contributed by atoms with E-state index in [-0.39, 0.29) is 5.37 Å². The molecule has 1 aliphatic rings. The van der Waals surface area contributed by atoms with Crippen molar-refractivity contribution in [3.63, 3.8) is 0 Å². The van der Waals surface area contributed by atoms with Crippen molar-refractivity contribution >= 4 is 29.1 Å². The lowest BCUT2D eigenvalue weighted by Gasteiger charge is -2.12. The maximum absolute atomic E-state index is 11.1. The molecule has 0 saturated carbocycles. The number of aryl methyl sites for hydroxylation is 1. The highest BCUT2D eigenvalue weighted by Gasteiger charge is 2.30. The van der Waals surface area contributed by atoms with Crippen LogP contribution in [-0.2, 0) is 11.2 Å². The number of aliphatic carboxylic acids is 1. The topological polar surface area (TPSA) is 84.6 Å². The number of oxazole rings is 1. The summed E-state index contributed by atoms with van der Waals surface area (Å²) in [6.45, 7) is 2.43. The van der Waals surface area contributed by atoms with E-state index in [2.05, 4.69) is 10.3 Å². The summed E-state index contributed by atoms with van der Waals surface area (Å²) < 4.78 is 11.6. The standard InChI is InChI=1S/C20H20N2O4S2/c1-12-15(21-18(26-12)17-3-2-10-27-17)8-9-25-14-6-4-13(5-7-14)19-22-16(11-28-19)20(23)24/h2-7,10,16,19,22H,8-9,11H2,1H3,(H,23,24)/t16?,19-/m1/s1. The molecule has 1 unspecified atom stereocenters. The van der Waals surface area contributed by atoms with Crippen LogP contribution >= 0.6 is 23.1 Å². The van der Waals surface area contributed by atoms with Gasteiger partial charge in [-0.3, -0.25) is 10.1 Å². The number of nitrogens with one attached hydrogen (secondary N) is 1. The van der Waals surface area contributed by atoms with Gasteiger partial charge in [0.25, 0.3) is 0 Å². The molecule has 0 radical (unpaired) electrons. The molecule has 6 nitrogen and oxygen atoms in total. The molecule has 2 N–H and O–H groups in total. The van der Waals surface area contributed by atoms with E-state index in [0.29, 0.717) is 24.7 Å². The number of aromatic nitrogens is 1. The number of rotatable bonds is 7. The number of nitrogens with zero attached hydrogens (tertiary/aromatic N) is 1. The van der Waals surface area contributed by atoms with E-state index in [0.717, 1.165) is 27.6 Å². The van der Waals surface area contributed by atoms with Gasteiger partial charge in [0, 0.05) is 12.2 Å². The molecule has 4 rings (SSSR count). The molecular weight excluding hydrogens is 396 g/mol. The van der Waals surface area contributed by atoms with E-state index in [4.69, 9.17) is 14.3 Å². The smallest absolute Gasteiger partial charge is 0.321 e. The molecule has 3 aromatic rings. The van der Waals surface area contributed by atoms with Crippen molar-refractivity contribution in [2.75, 3.05) is 12.4 Å². The zero-order chi connectivity index (χ0) is 19.5. The van der Waals surface area contributed by atoms with Crippen molar-refractivity contribution in [1.29, 1.82) is 0 Å². The Morgan fingerprint density at radius 2 is 2.18 bits per heavy atom. The number of hydrogen-bond acceptors (Lipinski definition) is 7. The van der Waals surface area contributed by atoms with Crippen molar-refractivity contribution in [1.82, 2.24) is 10.3 Å². The quantitative estimate of drug-likeness (QED) is 0.599. The third-order valence-electron chi connectivity index (χ3n) is 4.50. The molecule has 28 heavy (non-hydrogen) atoms. The molecule has 3 heterocycles. The molecule has 146 valence electrons. The molecule has 0 spiro atoms. The molecule has 1 aliphatic heterocycles. The van der Waals surface area contributed by atoms with Crippen LogP contribution < -0.4 is 10.1 Å². The molecule has 2 aromatic heterocycles. The van der Waals surface area contributed by atoms with Crippen LogP contribution in [0.25, 0.3) is 10.8 Å². The van der Waals surface area contributed by atoms with Crippen molar-refractivity contribution in [2.45, 2.75) is 24.8 Å². The normalized spacial score (nSPS) is 19.0. The molecule has 1 fully saturated rings. The summed E-state index contributed by atoms with van der Waals surface area (Å²) in [5.74, 6) is 2.03. The molecule has 1 aromatic carbocycles. The number of carbonyl (C=O) groups is 1. The van der Waals surface area contributed by atoms with E-state index >= 15 is 0 Å². The molecule has 2 atom stereocenters. The largest absolute Gasteiger partial charge is 0.493 e. The number of benzene rings is 1. The van der Waals surface area contributed by atoms with Gasteiger partial charge in [-0.25, -0.2) is 4.98 Å². The van der Waals surface area contributed by atoms with Crippen molar-refractivity contribution in [2.24, 2.45) is 0 Å². The maximum Gasteiger partial charge on any atom is 0.321 e. The summed E-state index contributed by atoms with van der Waals surface area (Å²) in [6.07, 6.45) is 0.669. The van der Waals surface area contributed by atoms with Crippen LogP contribution in [0, 0.1) is 6.92 Å². The van der Waals surface area contributed by atoms with Gasteiger partial charge in [-0.1, -0.05) is 18.2 Å². The Bertz CT molecular complexity index is 938. The summed E-state index contributed by atoms with van der Waals surface area (Å²) in [5.41, 5.74) is 1.96. The Labute approximate surface area is 170 Å². The first-order chi connectivity index (χ1) is 13.6. The summed E-state index contributed by atoms with van der Waals surface area (Å²) in [7, 11) is 0. The zero-order valence-electron chi connectivity index (χ0n) is 15.3. The minimum atomic E-state index is -0.805. The average Bonchev–Trinajstić information content (AvgIpc) is 3.44. The van der Waals surface area contributed by atoms with Crippen molar-refractivity contribution in [3.8, 4) is 16.5 Å². The summed E-state index contributed by atoms with van der Waals surface area (Å²) in [4.78, 5) is 16.7. The third-order valence-corrected chi connectivity index (χ3v) is 6.62. The van der Waals surface area contributed by atoms with Gasteiger partial charge < -0.3 is 14.3 Å². The second-order valence-electron chi connectivity index (χ2n) is 6.44. The summed E-state index contributed by atoms with van der Waals surface area (Å²) in [5, 5.41) is 14.2. The van der Waals surface area contributed by atoms with Gasteiger partial charge in [0.05, 0.1) is 22.6 Å². The van der Waals surface area contributed by atoms with Gasteiger partial charge in [-0.05, 0) is 36.1 Å². The number of thiophene rings is 1. The van der Waals surface area contributed by atoms with Crippen LogP contribution in [0.2, 0.25) is 0 Å². The third kappa shape index (κ3) is 4.24. The highest BCUT2D eigenvalue weighted by Crippen LogP contribution is 2.33. The first kappa shape index (κ1) is 19.0. The lowest BCUT2D eigenvalue weighted by atomic mass is 10.2. The lowest BCUT2D eigenvalue weighted by Crippen LogP contribution is -2.33. The summed E-state index contributed by atoms with van der Waals surface area (Å²) in [6, 6.07) is 11.3. The van der Waals surface area contributed by atoms with Gasteiger partial charge in [0.2, 0.25) is 5.89 Å². The highest BCUT2D eigenvalue weighted by molar-refractivity contribution is 7.99. The molecule has 0 bridgehead atoms. The second-order valence-corrected chi connectivity index (χ2v) is 8.52. The van der Waals surface area contributed by atoms with Crippen LogP contribution in [0.15, 0.2) is 46.2 Å². The number of ether oxygens (including phenoxy) is 1. The Hall–Kier alpha value is -2.29. The predicted octanol–water partition coefficient (Wildman–Crippen LogP) is 4.12. The molecular formula is C20H20N2O4S2. The van der Waals surface area contributed by atoms with Crippen LogP contribution in [0.4, 0.5) is 0 Å². The molecule has 0 amide bonds. The minimum absolute atomic E-state index is 0.00334. The fraction of sp³-hybridized carbons (Fsp3) is 0.300. The predicted molar refractivity (Wildman–Crippen MR) is 110 cm³/mol. The van der Waals surface area contributed by atoms with Gasteiger partial charge in [-0.2, -0.15) is 0 Å². The van der Waals surface area contributed by atoms with Gasteiger partial charge >= 0.3 is 5.97 Å². The number of thioether (sulfide) groups is 1. The molecule has 1 saturated heterocycles. The molecule has 8 heteroatoms. The first-order valence-electron chi connectivity index (χ1n) is 8.93. The van der Waals surface area contributed by atoms with E-state index in [9.17, 15) is 4.79 Å². The van der Waals surface area contributed by atoms with E-state index < -0.39 is 12.0 Å². The van der Waals surface area contributed by atoms with Crippen LogP contribution in [0.3, 0.4) is 0 Å². The van der Waals surface area contributed by atoms with Gasteiger partial charge in [0.15, 0.2) is 0 Å². The Kier molecular flexibility index (Phi) is 5.70. The van der Waals surface area contributed by atoms with Crippen LogP contribution in [0.1, 0.15) is 22.4 Å².